The Morgan fingerprint density at radius 3 is 2.48 bits per heavy atom. The summed E-state index contributed by atoms with van der Waals surface area (Å²) in [7, 11) is -4.40. The molecule has 0 atom stereocenters. The number of hydrogen-bond donors (Lipinski definition) is 2. The molecule has 1 heterocycles. The number of nitrogens with zero attached hydrogens (tertiary/aromatic N) is 1. The van der Waals surface area contributed by atoms with Crippen LogP contribution in [0.5, 0.6) is 0 Å². The predicted octanol–water partition coefficient (Wildman–Crippen LogP) is 1.94. The molecule has 1 amide bonds. The summed E-state index contributed by atoms with van der Waals surface area (Å²) in [5, 5.41) is 3.51. The van der Waals surface area contributed by atoms with Gasteiger partial charge in [0, 0.05) is 10.6 Å². The van der Waals surface area contributed by atoms with Crippen LogP contribution in [-0.2, 0) is 10.1 Å². The fourth-order valence-electron chi connectivity index (χ4n) is 1.36. The van der Waals surface area contributed by atoms with E-state index in [0.29, 0.717) is 10.6 Å². The topological polar surface area (TPSA) is 109 Å². The fraction of sp³-hybridized carbons (Fsp3) is 0. The summed E-state index contributed by atoms with van der Waals surface area (Å²) < 4.78 is 35.1. The van der Waals surface area contributed by atoms with E-state index in [-0.39, 0.29) is 5.76 Å². The maximum Gasteiger partial charge on any atom is 0.328 e. The van der Waals surface area contributed by atoms with Gasteiger partial charge in [-0.3, -0.25) is 9.35 Å². The number of carbonyl (C=O) groups excluding carboxylic acids is 1. The molecule has 0 radical (unpaired) electrons. The second-order valence-electron chi connectivity index (χ2n) is 3.84. The Morgan fingerprint density at radius 2 is 1.90 bits per heavy atom. The van der Waals surface area contributed by atoms with Crippen LogP contribution in [0, 0.1) is 0 Å². The van der Waals surface area contributed by atoms with Crippen LogP contribution in [0.15, 0.2) is 51.0 Å². The lowest BCUT2D eigenvalue weighted by atomic mass is 10.2. The minimum Gasteiger partial charge on any atom is -0.441 e. The highest BCUT2D eigenvalue weighted by Gasteiger charge is 2.14. The summed E-state index contributed by atoms with van der Waals surface area (Å²) in [6.45, 7) is 0. The lowest BCUT2D eigenvalue weighted by molar-refractivity contribution is 0.0955. The molecule has 110 valence electrons. The van der Waals surface area contributed by atoms with Crippen LogP contribution in [0.1, 0.15) is 16.1 Å². The van der Waals surface area contributed by atoms with Crippen LogP contribution < -0.4 is 5.43 Å². The third kappa shape index (κ3) is 4.15. The van der Waals surface area contributed by atoms with Crippen molar-refractivity contribution in [1.82, 2.24) is 5.43 Å². The molecule has 2 rings (SSSR count). The van der Waals surface area contributed by atoms with Crippen LogP contribution in [0.4, 0.5) is 0 Å². The Bertz CT molecular complexity index is 780. The van der Waals surface area contributed by atoms with E-state index in [1.807, 2.05) is 0 Å². The first-order chi connectivity index (χ1) is 9.86. The molecule has 0 bridgehead atoms. The summed E-state index contributed by atoms with van der Waals surface area (Å²) in [6, 6.07) is 8.52. The normalized spacial score (nSPS) is 11.7. The van der Waals surface area contributed by atoms with Gasteiger partial charge in [0.1, 0.15) is 5.76 Å². The van der Waals surface area contributed by atoms with Crippen molar-refractivity contribution in [3.05, 3.63) is 52.7 Å². The van der Waals surface area contributed by atoms with E-state index in [9.17, 15) is 13.2 Å². The van der Waals surface area contributed by atoms with Crippen molar-refractivity contribution in [2.75, 3.05) is 0 Å². The van der Waals surface area contributed by atoms with Gasteiger partial charge < -0.3 is 4.42 Å². The molecule has 2 aromatic rings. The van der Waals surface area contributed by atoms with Gasteiger partial charge in [0.05, 0.1) is 6.21 Å². The third-order valence-electron chi connectivity index (χ3n) is 2.32. The van der Waals surface area contributed by atoms with Crippen LogP contribution in [0.2, 0.25) is 5.02 Å². The number of nitrogens with one attached hydrogen (secondary N) is 1. The quantitative estimate of drug-likeness (QED) is 0.506. The SMILES string of the molecule is O=C(NN=Cc1ccc(S(=O)(=O)O)o1)c1ccc(Cl)cc1. The minimum atomic E-state index is -4.40. The molecule has 0 aliphatic carbocycles. The Hall–Kier alpha value is -2.16. The van der Waals surface area contributed by atoms with Gasteiger partial charge in [0.15, 0.2) is 0 Å². The Morgan fingerprint density at radius 1 is 1.24 bits per heavy atom. The first kappa shape index (κ1) is 15.2. The molecule has 7 nitrogen and oxygen atoms in total. The van der Waals surface area contributed by atoms with Gasteiger partial charge in [0.25, 0.3) is 5.91 Å². The molecule has 0 unspecified atom stereocenters. The molecule has 1 aromatic carbocycles. The molecule has 0 aliphatic rings. The highest BCUT2D eigenvalue weighted by Crippen LogP contribution is 2.12. The molecular weight excluding hydrogens is 320 g/mol. The maximum absolute atomic E-state index is 11.7. The van der Waals surface area contributed by atoms with Crippen molar-refractivity contribution < 1.29 is 22.2 Å². The van der Waals surface area contributed by atoms with Gasteiger partial charge >= 0.3 is 10.1 Å². The summed E-state index contributed by atoms with van der Waals surface area (Å²) >= 11 is 5.70. The number of benzene rings is 1. The van der Waals surface area contributed by atoms with Gasteiger partial charge in [0.2, 0.25) is 5.09 Å². The predicted molar refractivity (Wildman–Crippen MR) is 75.0 cm³/mol. The number of amides is 1. The number of halogens is 1. The van der Waals surface area contributed by atoms with Crippen LogP contribution >= 0.6 is 11.6 Å². The van der Waals surface area contributed by atoms with Gasteiger partial charge in [-0.05, 0) is 36.4 Å². The summed E-state index contributed by atoms with van der Waals surface area (Å²) in [5.74, 6) is -0.413. The van der Waals surface area contributed by atoms with Crippen LogP contribution in [0.3, 0.4) is 0 Å². The zero-order valence-corrected chi connectivity index (χ0v) is 11.9. The molecule has 21 heavy (non-hydrogen) atoms. The molecule has 0 saturated carbocycles. The Kier molecular flexibility index (Phi) is 4.41. The molecular formula is C12H9ClN2O5S. The molecule has 0 fully saturated rings. The van der Waals surface area contributed by atoms with Crippen molar-refractivity contribution in [2.24, 2.45) is 5.10 Å². The smallest absolute Gasteiger partial charge is 0.328 e. The first-order valence-corrected chi connectivity index (χ1v) is 7.34. The monoisotopic (exact) mass is 328 g/mol. The molecule has 0 saturated heterocycles. The maximum atomic E-state index is 11.7. The Labute approximate surface area is 125 Å². The third-order valence-corrected chi connectivity index (χ3v) is 3.30. The van der Waals surface area contributed by atoms with Crippen LogP contribution in [-0.4, -0.2) is 25.1 Å². The molecule has 2 N–H and O–H groups in total. The zero-order chi connectivity index (χ0) is 15.5. The highest BCUT2D eigenvalue weighted by atomic mass is 35.5. The summed E-state index contributed by atoms with van der Waals surface area (Å²) in [6.07, 6.45) is 1.10. The van der Waals surface area contributed by atoms with E-state index in [1.165, 1.54) is 18.2 Å². The van der Waals surface area contributed by atoms with E-state index in [0.717, 1.165) is 12.3 Å². The number of rotatable bonds is 4. The van der Waals surface area contributed by atoms with Crippen molar-refractivity contribution in [3.63, 3.8) is 0 Å². The number of furan rings is 1. The number of hydrogen-bond acceptors (Lipinski definition) is 5. The zero-order valence-electron chi connectivity index (χ0n) is 10.4. The van der Waals surface area contributed by atoms with Crippen LogP contribution in [0.25, 0.3) is 0 Å². The Balaban J connectivity index is 2.01. The second-order valence-corrected chi connectivity index (χ2v) is 5.63. The number of carbonyl (C=O) groups is 1. The van der Waals surface area contributed by atoms with E-state index in [4.69, 9.17) is 20.6 Å². The standard InChI is InChI=1S/C12H9ClN2O5S/c13-9-3-1-8(2-4-9)12(16)15-14-7-10-5-6-11(20-10)21(17,18)19/h1-7H,(H,15,16)(H,17,18,19). The minimum absolute atomic E-state index is 0.0547. The average molecular weight is 329 g/mol. The lowest BCUT2D eigenvalue weighted by Crippen LogP contribution is -2.17. The molecule has 0 spiro atoms. The first-order valence-electron chi connectivity index (χ1n) is 5.52. The van der Waals surface area contributed by atoms with E-state index < -0.39 is 21.1 Å². The molecule has 1 aromatic heterocycles. The van der Waals surface area contributed by atoms with Crippen molar-refractivity contribution in [1.29, 1.82) is 0 Å². The highest BCUT2D eigenvalue weighted by molar-refractivity contribution is 7.85. The van der Waals surface area contributed by atoms with Gasteiger partial charge in [-0.2, -0.15) is 13.5 Å². The second kappa shape index (κ2) is 6.08. The van der Waals surface area contributed by atoms with E-state index >= 15 is 0 Å². The van der Waals surface area contributed by atoms with Crippen molar-refractivity contribution in [3.8, 4) is 0 Å². The molecule has 0 aliphatic heterocycles. The summed E-state index contributed by atoms with van der Waals surface area (Å²) in [4.78, 5) is 11.7. The van der Waals surface area contributed by atoms with E-state index in [1.54, 1.807) is 12.1 Å². The van der Waals surface area contributed by atoms with Gasteiger partial charge in [-0.15, -0.1) is 0 Å². The fourth-order valence-corrected chi connectivity index (χ4v) is 1.93. The largest absolute Gasteiger partial charge is 0.441 e. The van der Waals surface area contributed by atoms with E-state index in [2.05, 4.69) is 10.5 Å². The average Bonchev–Trinajstić information content (AvgIpc) is 2.88. The van der Waals surface area contributed by atoms with Gasteiger partial charge in [-0.25, -0.2) is 5.43 Å². The number of hydrazone groups is 1. The lowest BCUT2D eigenvalue weighted by Gasteiger charge is -1.98. The van der Waals surface area contributed by atoms with Crippen molar-refractivity contribution in [2.45, 2.75) is 5.09 Å². The molecule has 9 heteroatoms. The van der Waals surface area contributed by atoms with Crippen molar-refractivity contribution >= 4 is 33.8 Å². The summed E-state index contributed by atoms with van der Waals surface area (Å²) in [5.41, 5.74) is 2.59. The van der Waals surface area contributed by atoms with Gasteiger partial charge in [-0.1, -0.05) is 11.6 Å².